The van der Waals surface area contributed by atoms with Gasteiger partial charge in [0.05, 0.1) is 15.9 Å². The Morgan fingerprint density at radius 2 is 2.04 bits per heavy atom. The average molecular weight is 343 g/mol. The van der Waals surface area contributed by atoms with Crippen LogP contribution in [-0.4, -0.2) is 43.9 Å². The number of halogens is 1. The molecule has 126 valence electrons. The van der Waals surface area contributed by atoms with Gasteiger partial charge in [-0.05, 0) is 37.8 Å². The molecule has 1 aromatic rings. The molecule has 0 spiro atoms. The predicted octanol–water partition coefficient (Wildman–Crippen LogP) is 1.50. The Bertz CT molecular complexity index is 721. The van der Waals surface area contributed by atoms with Crippen molar-refractivity contribution in [1.82, 2.24) is 9.62 Å². The zero-order chi connectivity index (χ0) is 16.6. The summed E-state index contributed by atoms with van der Waals surface area (Å²) in [6.45, 7) is 2.43. The highest BCUT2D eigenvalue weighted by Crippen LogP contribution is 2.31. The Hall–Kier alpha value is -1.58. The maximum atomic E-state index is 13.4. The lowest BCUT2D eigenvalue weighted by atomic mass is 10.3. The Morgan fingerprint density at radius 1 is 1.30 bits per heavy atom. The molecule has 1 atom stereocenters. The van der Waals surface area contributed by atoms with E-state index in [2.05, 4.69) is 9.62 Å². The van der Waals surface area contributed by atoms with Crippen LogP contribution in [0, 0.1) is 21.8 Å². The number of nitro groups is 1. The van der Waals surface area contributed by atoms with E-state index in [4.69, 9.17) is 0 Å². The number of benzene rings is 1. The highest BCUT2D eigenvalue weighted by atomic mass is 32.2. The lowest BCUT2D eigenvalue weighted by Gasteiger charge is -2.16. The first-order chi connectivity index (χ1) is 10.8. The maximum Gasteiger partial charge on any atom is 0.273 e. The second-order valence-corrected chi connectivity index (χ2v) is 7.93. The fraction of sp³-hybridized carbons (Fsp3) is 0.571. The Labute approximate surface area is 133 Å². The summed E-state index contributed by atoms with van der Waals surface area (Å²) in [6, 6.07) is 2.13. The lowest BCUT2D eigenvalue weighted by molar-refractivity contribution is -0.385. The van der Waals surface area contributed by atoms with Gasteiger partial charge in [0.15, 0.2) is 0 Å². The molecule has 23 heavy (non-hydrogen) atoms. The zero-order valence-corrected chi connectivity index (χ0v) is 13.3. The number of likely N-dealkylation sites (tertiary alicyclic amines) is 1. The summed E-state index contributed by atoms with van der Waals surface area (Å²) >= 11 is 0. The van der Waals surface area contributed by atoms with E-state index in [0.29, 0.717) is 19.0 Å². The van der Waals surface area contributed by atoms with Gasteiger partial charge in [-0.3, -0.25) is 10.1 Å². The molecule has 1 aliphatic heterocycles. The van der Waals surface area contributed by atoms with Gasteiger partial charge in [-0.2, -0.15) is 0 Å². The van der Waals surface area contributed by atoms with Crippen LogP contribution in [0.4, 0.5) is 10.1 Å². The quantitative estimate of drug-likeness (QED) is 0.624. The van der Waals surface area contributed by atoms with E-state index < -0.39 is 31.3 Å². The minimum atomic E-state index is -3.98. The molecule has 1 saturated heterocycles. The van der Waals surface area contributed by atoms with Gasteiger partial charge in [0.2, 0.25) is 10.0 Å². The van der Waals surface area contributed by atoms with Crippen LogP contribution in [0.1, 0.15) is 19.3 Å². The van der Waals surface area contributed by atoms with E-state index in [9.17, 15) is 22.9 Å². The monoisotopic (exact) mass is 343 g/mol. The smallest absolute Gasteiger partial charge is 0.273 e. The van der Waals surface area contributed by atoms with Crippen molar-refractivity contribution >= 4 is 15.7 Å². The number of nitrogens with zero attached hydrogens (tertiary/aromatic N) is 2. The van der Waals surface area contributed by atoms with Gasteiger partial charge in [0, 0.05) is 25.2 Å². The average Bonchev–Trinajstić information content (AvgIpc) is 3.17. The van der Waals surface area contributed by atoms with E-state index in [1.54, 1.807) is 0 Å². The largest absolute Gasteiger partial charge is 0.301 e. The zero-order valence-electron chi connectivity index (χ0n) is 12.4. The molecule has 7 nitrogen and oxygen atoms in total. The predicted molar refractivity (Wildman–Crippen MR) is 80.9 cm³/mol. The van der Waals surface area contributed by atoms with Gasteiger partial charge >= 0.3 is 0 Å². The number of sulfonamides is 1. The topological polar surface area (TPSA) is 92.5 Å². The molecule has 0 aromatic heterocycles. The van der Waals surface area contributed by atoms with Crippen LogP contribution in [0.3, 0.4) is 0 Å². The van der Waals surface area contributed by atoms with Crippen molar-refractivity contribution in [1.29, 1.82) is 0 Å². The molecule has 2 fully saturated rings. The van der Waals surface area contributed by atoms with E-state index in [0.717, 1.165) is 31.1 Å². The Balaban J connectivity index is 1.70. The second-order valence-electron chi connectivity index (χ2n) is 6.21. The lowest BCUT2D eigenvalue weighted by Crippen LogP contribution is -2.37. The molecule has 1 N–H and O–H groups in total. The van der Waals surface area contributed by atoms with E-state index in [-0.39, 0.29) is 6.04 Å². The summed E-state index contributed by atoms with van der Waals surface area (Å²) in [5, 5.41) is 10.7. The van der Waals surface area contributed by atoms with Crippen molar-refractivity contribution in [2.24, 2.45) is 5.92 Å². The molecule has 1 saturated carbocycles. The van der Waals surface area contributed by atoms with Crippen LogP contribution in [0.25, 0.3) is 0 Å². The normalized spacial score (nSPS) is 22.4. The Morgan fingerprint density at radius 3 is 2.70 bits per heavy atom. The molecule has 0 radical (unpaired) electrons. The SMILES string of the molecule is O=[N+]([O-])c1cc(F)cc(S(=O)(=O)NC2CCN(CC3CC3)C2)c1. The van der Waals surface area contributed by atoms with Gasteiger partial charge < -0.3 is 4.90 Å². The van der Waals surface area contributed by atoms with Crippen LogP contribution in [0.2, 0.25) is 0 Å². The van der Waals surface area contributed by atoms with Gasteiger partial charge in [-0.15, -0.1) is 0 Å². The standard InChI is InChI=1S/C14H18FN3O4S/c15-11-5-13(18(19)20)7-14(6-11)23(21,22)16-12-3-4-17(9-12)8-10-1-2-10/h5-7,10,12,16H,1-4,8-9H2. The summed E-state index contributed by atoms with van der Waals surface area (Å²) in [5.41, 5.74) is -0.577. The molecule has 3 rings (SSSR count). The number of hydrogen-bond donors (Lipinski definition) is 1. The summed E-state index contributed by atoms with van der Waals surface area (Å²) in [6.07, 6.45) is 3.16. The first-order valence-corrected chi connectivity index (χ1v) is 9.01. The molecule has 1 aromatic carbocycles. The van der Waals surface area contributed by atoms with Gasteiger partial charge in [-0.1, -0.05) is 0 Å². The minimum absolute atomic E-state index is 0.249. The molecular weight excluding hydrogens is 325 g/mol. The first-order valence-electron chi connectivity index (χ1n) is 7.53. The molecule has 0 amide bonds. The molecule has 1 aliphatic carbocycles. The second kappa shape index (κ2) is 6.14. The summed E-state index contributed by atoms with van der Waals surface area (Å²) < 4.78 is 40.6. The van der Waals surface area contributed by atoms with Crippen molar-refractivity contribution in [2.75, 3.05) is 19.6 Å². The van der Waals surface area contributed by atoms with E-state index in [1.807, 2.05) is 0 Å². The molecule has 2 aliphatic rings. The van der Waals surface area contributed by atoms with E-state index in [1.165, 1.54) is 12.8 Å². The Kier molecular flexibility index (Phi) is 4.35. The first kappa shape index (κ1) is 16.3. The summed E-state index contributed by atoms with van der Waals surface area (Å²) in [7, 11) is -3.98. The highest BCUT2D eigenvalue weighted by molar-refractivity contribution is 7.89. The fourth-order valence-electron chi connectivity index (χ4n) is 2.86. The van der Waals surface area contributed by atoms with Crippen LogP contribution in [0.15, 0.2) is 23.1 Å². The molecule has 0 bridgehead atoms. The van der Waals surface area contributed by atoms with Crippen LogP contribution in [0.5, 0.6) is 0 Å². The number of rotatable bonds is 6. The third-order valence-electron chi connectivity index (χ3n) is 4.18. The van der Waals surface area contributed by atoms with Crippen molar-refractivity contribution < 1.29 is 17.7 Å². The van der Waals surface area contributed by atoms with Crippen LogP contribution >= 0.6 is 0 Å². The molecule has 9 heteroatoms. The number of hydrogen-bond acceptors (Lipinski definition) is 5. The van der Waals surface area contributed by atoms with Gasteiger partial charge in [0.1, 0.15) is 5.82 Å². The maximum absolute atomic E-state index is 13.4. The summed E-state index contributed by atoms with van der Waals surface area (Å²) in [5.74, 6) is -0.211. The van der Waals surface area contributed by atoms with Crippen molar-refractivity contribution in [3.8, 4) is 0 Å². The third-order valence-corrected chi connectivity index (χ3v) is 5.68. The molecule has 1 unspecified atom stereocenters. The van der Waals surface area contributed by atoms with Crippen molar-refractivity contribution in [3.05, 3.63) is 34.1 Å². The summed E-state index contributed by atoms with van der Waals surface area (Å²) in [4.78, 5) is 11.7. The molecule has 1 heterocycles. The number of nitro benzene ring substituents is 1. The van der Waals surface area contributed by atoms with Crippen molar-refractivity contribution in [3.63, 3.8) is 0 Å². The van der Waals surface area contributed by atoms with E-state index >= 15 is 0 Å². The number of non-ortho nitro benzene ring substituents is 1. The molecular formula is C14H18FN3O4S. The number of nitrogens with one attached hydrogen (secondary N) is 1. The fourth-order valence-corrected chi connectivity index (χ4v) is 4.17. The van der Waals surface area contributed by atoms with Crippen LogP contribution < -0.4 is 4.72 Å². The minimum Gasteiger partial charge on any atom is -0.301 e. The van der Waals surface area contributed by atoms with Gasteiger partial charge in [-0.25, -0.2) is 17.5 Å². The third kappa shape index (κ3) is 4.04. The van der Waals surface area contributed by atoms with Crippen molar-refractivity contribution in [2.45, 2.75) is 30.2 Å². The highest BCUT2D eigenvalue weighted by Gasteiger charge is 2.31. The van der Waals surface area contributed by atoms with Crippen LogP contribution in [-0.2, 0) is 10.0 Å². The van der Waals surface area contributed by atoms with Gasteiger partial charge in [0.25, 0.3) is 5.69 Å².